The van der Waals surface area contributed by atoms with Crippen molar-refractivity contribution in [2.75, 3.05) is 0 Å². The van der Waals surface area contributed by atoms with E-state index in [2.05, 4.69) is 31.0 Å². The molecule has 0 saturated carbocycles. The fourth-order valence-electron chi connectivity index (χ4n) is 2.80. The normalized spacial score (nSPS) is 12.3. The quantitative estimate of drug-likeness (QED) is 0.365. The van der Waals surface area contributed by atoms with Crippen LogP contribution in [0.1, 0.15) is 67.9 Å². The molecule has 0 amide bonds. The van der Waals surface area contributed by atoms with E-state index in [1.807, 2.05) is 49.5 Å². The Labute approximate surface area is 163 Å². The summed E-state index contributed by atoms with van der Waals surface area (Å²) in [6.07, 6.45) is 7.74. The lowest BCUT2D eigenvalue weighted by atomic mass is 10.1. The van der Waals surface area contributed by atoms with Crippen LogP contribution >= 0.6 is 0 Å². The molecule has 0 saturated heterocycles. The van der Waals surface area contributed by atoms with Gasteiger partial charge in [0.2, 0.25) is 0 Å². The summed E-state index contributed by atoms with van der Waals surface area (Å²) in [6.45, 7) is 6.25. The van der Waals surface area contributed by atoms with Crippen molar-refractivity contribution in [2.24, 2.45) is 4.99 Å². The number of benzene rings is 2. The van der Waals surface area contributed by atoms with E-state index in [0.717, 1.165) is 31.4 Å². The second-order valence-corrected chi connectivity index (χ2v) is 6.93. The van der Waals surface area contributed by atoms with E-state index in [4.69, 9.17) is 4.74 Å². The minimum Gasteiger partial charge on any atom is -0.459 e. The minimum atomic E-state index is -0.253. The van der Waals surface area contributed by atoms with E-state index in [1.54, 1.807) is 0 Å². The zero-order valence-electron chi connectivity index (χ0n) is 16.8. The van der Waals surface area contributed by atoms with Crippen molar-refractivity contribution in [3.05, 3.63) is 65.2 Å². The average molecular weight is 366 g/mol. The first kappa shape index (κ1) is 20.9. The molecule has 1 unspecified atom stereocenters. The van der Waals surface area contributed by atoms with Crippen molar-refractivity contribution in [1.82, 2.24) is 0 Å². The van der Waals surface area contributed by atoms with Gasteiger partial charge in [0.05, 0.1) is 17.4 Å². The van der Waals surface area contributed by atoms with Crippen molar-refractivity contribution >= 4 is 17.9 Å². The number of ether oxygens (including phenoxy) is 1. The Morgan fingerprint density at radius 3 is 2.33 bits per heavy atom. The van der Waals surface area contributed by atoms with E-state index in [1.165, 1.54) is 24.0 Å². The highest BCUT2D eigenvalue weighted by Gasteiger charge is 2.11. The summed E-state index contributed by atoms with van der Waals surface area (Å²) < 4.78 is 5.54. The number of hydrogen-bond acceptors (Lipinski definition) is 3. The maximum Gasteiger partial charge on any atom is 0.338 e. The fourth-order valence-corrected chi connectivity index (χ4v) is 2.80. The predicted octanol–water partition coefficient (Wildman–Crippen LogP) is 6.32. The van der Waals surface area contributed by atoms with Crippen LogP contribution < -0.4 is 0 Å². The fraction of sp³-hybridized carbons (Fsp3) is 0.417. The van der Waals surface area contributed by atoms with E-state index in [0.29, 0.717) is 5.56 Å². The van der Waals surface area contributed by atoms with Gasteiger partial charge in [-0.15, -0.1) is 0 Å². The highest BCUT2D eigenvalue weighted by atomic mass is 16.5. The first-order valence-electron chi connectivity index (χ1n) is 10.0. The molecule has 0 aliphatic heterocycles. The molecule has 0 aliphatic rings. The largest absolute Gasteiger partial charge is 0.459 e. The second-order valence-electron chi connectivity index (χ2n) is 6.93. The van der Waals surface area contributed by atoms with Gasteiger partial charge in [-0.05, 0) is 74.4 Å². The Bertz CT molecular complexity index is 717. The van der Waals surface area contributed by atoms with Crippen molar-refractivity contribution in [2.45, 2.75) is 65.4 Å². The Hall–Kier alpha value is -2.42. The van der Waals surface area contributed by atoms with Crippen molar-refractivity contribution in [3.8, 4) is 0 Å². The molecule has 0 N–H and O–H groups in total. The molecule has 0 bridgehead atoms. The van der Waals surface area contributed by atoms with Crippen molar-refractivity contribution < 1.29 is 9.53 Å². The standard InChI is InChI=1S/C24H31NO2/c1-4-6-9-21-10-14-22(15-11-21)24(26)27-19(3)8-7-18-25-23-16-12-20(5-2)13-17-23/h10-19H,4-9H2,1-3H3. The van der Waals surface area contributed by atoms with Gasteiger partial charge in [0, 0.05) is 6.21 Å². The van der Waals surface area contributed by atoms with Crippen LogP contribution in [0.4, 0.5) is 5.69 Å². The van der Waals surface area contributed by atoms with E-state index in [-0.39, 0.29) is 12.1 Å². The van der Waals surface area contributed by atoms with Gasteiger partial charge in [0.1, 0.15) is 0 Å². The SMILES string of the molecule is CCCCc1ccc(C(=O)OC(C)CCC=Nc2ccc(CC)cc2)cc1. The van der Waals surface area contributed by atoms with Crippen LogP contribution in [0.3, 0.4) is 0 Å². The highest BCUT2D eigenvalue weighted by Crippen LogP contribution is 2.14. The summed E-state index contributed by atoms with van der Waals surface area (Å²) in [5.41, 5.74) is 4.16. The molecule has 0 fully saturated rings. The number of hydrogen-bond donors (Lipinski definition) is 0. The molecule has 2 aromatic rings. The molecule has 0 aromatic heterocycles. The molecule has 27 heavy (non-hydrogen) atoms. The van der Waals surface area contributed by atoms with Gasteiger partial charge in [-0.3, -0.25) is 4.99 Å². The highest BCUT2D eigenvalue weighted by molar-refractivity contribution is 5.89. The van der Waals surface area contributed by atoms with Crippen LogP contribution in [0.15, 0.2) is 53.5 Å². The molecule has 1 atom stereocenters. The third kappa shape index (κ3) is 7.38. The summed E-state index contributed by atoms with van der Waals surface area (Å²) in [7, 11) is 0. The Morgan fingerprint density at radius 2 is 1.70 bits per heavy atom. The second kappa shape index (κ2) is 11.3. The molecular formula is C24H31NO2. The lowest BCUT2D eigenvalue weighted by molar-refractivity contribution is 0.0329. The van der Waals surface area contributed by atoms with Crippen LogP contribution in [0, 0.1) is 0 Å². The van der Waals surface area contributed by atoms with Crippen molar-refractivity contribution in [3.63, 3.8) is 0 Å². The molecular weight excluding hydrogens is 334 g/mol. The number of nitrogens with zero attached hydrogens (tertiary/aromatic N) is 1. The Morgan fingerprint density at radius 1 is 1.04 bits per heavy atom. The summed E-state index contributed by atoms with van der Waals surface area (Å²) >= 11 is 0. The van der Waals surface area contributed by atoms with Gasteiger partial charge >= 0.3 is 5.97 Å². The monoisotopic (exact) mass is 365 g/mol. The molecule has 0 heterocycles. The summed E-state index contributed by atoms with van der Waals surface area (Å²) in [5.74, 6) is -0.253. The molecule has 144 valence electrons. The number of aryl methyl sites for hydroxylation is 2. The maximum absolute atomic E-state index is 12.2. The number of aliphatic imine (C=N–C) groups is 1. The number of esters is 1. The molecule has 2 aromatic carbocycles. The lowest BCUT2D eigenvalue weighted by Gasteiger charge is -2.12. The van der Waals surface area contributed by atoms with Crippen LogP contribution in [0.5, 0.6) is 0 Å². The summed E-state index contributed by atoms with van der Waals surface area (Å²) in [5, 5.41) is 0. The number of carbonyl (C=O) groups is 1. The van der Waals surface area contributed by atoms with E-state index in [9.17, 15) is 4.79 Å². The smallest absolute Gasteiger partial charge is 0.338 e. The van der Waals surface area contributed by atoms with Gasteiger partial charge in [-0.25, -0.2) is 4.79 Å². The van der Waals surface area contributed by atoms with Crippen LogP contribution in [0.25, 0.3) is 0 Å². The van der Waals surface area contributed by atoms with Crippen molar-refractivity contribution in [1.29, 1.82) is 0 Å². The van der Waals surface area contributed by atoms with Gasteiger partial charge in [-0.2, -0.15) is 0 Å². The molecule has 0 radical (unpaired) electrons. The maximum atomic E-state index is 12.2. The summed E-state index contributed by atoms with van der Waals surface area (Å²) in [6, 6.07) is 16.0. The van der Waals surface area contributed by atoms with Crippen LogP contribution in [-0.2, 0) is 17.6 Å². The van der Waals surface area contributed by atoms with Crippen LogP contribution in [0.2, 0.25) is 0 Å². The van der Waals surface area contributed by atoms with Gasteiger partial charge in [0.15, 0.2) is 0 Å². The molecule has 2 rings (SSSR count). The van der Waals surface area contributed by atoms with Gasteiger partial charge < -0.3 is 4.74 Å². The van der Waals surface area contributed by atoms with Gasteiger partial charge in [0.25, 0.3) is 0 Å². The third-order valence-electron chi connectivity index (χ3n) is 4.60. The van der Waals surface area contributed by atoms with E-state index < -0.39 is 0 Å². The zero-order valence-corrected chi connectivity index (χ0v) is 16.8. The molecule has 0 aliphatic carbocycles. The minimum absolute atomic E-state index is 0.133. The lowest BCUT2D eigenvalue weighted by Crippen LogP contribution is -2.15. The molecule has 3 nitrogen and oxygen atoms in total. The Kier molecular flexibility index (Phi) is 8.76. The van der Waals surface area contributed by atoms with Gasteiger partial charge in [-0.1, -0.05) is 44.5 Å². The number of rotatable bonds is 10. The van der Waals surface area contributed by atoms with E-state index >= 15 is 0 Å². The first-order valence-corrected chi connectivity index (χ1v) is 10.0. The summed E-state index contributed by atoms with van der Waals surface area (Å²) in [4.78, 5) is 16.7. The topological polar surface area (TPSA) is 38.7 Å². The zero-order chi connectivity index (χ0) is 19.5. The first-order chi connectivity index (χ1) is 13.1. The molecule has 0 spiro atoms. The molecule has 3 heteroatoms. The third-order valence-corrected chi connectivity index (χ3v) is 4.60. The number of carbonyl (C=O) groups excluding carboxylic acids is 1. The Balaban J connectivity index is 1.74. The number of unbranched alkanes of at least 4 members (excludes halogenated alkanes) is 1. The van der Waals surface area contributed by atoms with Crippen LogP contribution in [-0.4, -0.2) is 18.3 Å². The predicted molar refractivity (Wildman–Crippen MR) is 113 cm³/mol. The average Bonchev–Trinajstić information content (AvgIpc) is 2.70.